The molecule has 0 unspecified atom stereocenters. The van der Waals surface area contributed by atoms with Crippen molar-refractivity contribution < 1.29 is 8.42 Å². The Morgan fingerprint density at radius 2 is 1.92 bits per heavy atom. The van der Waals surface area contributed by atoms with Gasteiger partial charge in [0.2, 0.25) is 10.0 Å². The first kappa shape index (κ1) is 10.6. The van der Waals surface area contributed by atoms with Crippen LogP contribution in [0.1, 0.15) is 6.92 Å². The Labute approximate surface area is 82.7 Å². The van der Waals surface area contributed by atoms with E-state index in [0.29, 0.717) is 10.6 Å². The molecule has 0 spiro atoms. The molecule has 13 heavy (non-hydrogen) atoms. The number of rotatable bonds is 4. The normalized spacial score (nSPS) is 11.5. The Balaban J connectivity index is 2.83. The number of sulfonamides is 1. The van der Waals surface area contributed by atoms with Crippen LogP contribution in [0.15, 0.2) is 35.2 Å². The van der Waals surface area contributed by atoms with E-state index >= 15 is 0 Å². The summed E-state index contributed by atoms with van der Waals surface area (Å²) in [7, 11) is -3.31. The largest absolute Gasteiger partial charge is 0.249 e. The SMILES string of the molecule is CCSNS(=O)(=O)c1ccccc1. The standard InChI is InChI=1S/C8H11NO2S2/c1-2-12-9-13(10,11)8-6-4-3-5-7-8/h3-7,9H,2H2,1H3. The molecular weight excluding hydrogens is 206 g/mol. The summed E-state index contributed by atoms with van der Waals surface area (Å²) in [5, 5.41) is 0. The summed E-state index contributed by atoms with van der Waals surface area (Å²) < 4.78 is 25.3. The summed E-state index contributed by atoms with van der Waals surface area (Å²) in [6, 6.07) is 8.32. The first-order chi connectivity index (χ1) is 6.17. The van der Waals surface area contributed by atoms with E-state index in [9.17, 15) is 8.42 Å². The van der Waals surface area contributed by atoms with E-state index in [2.05, 4.69) is 4.13 Å². The molecule has 0 aliphatic heterocycles. The van der Waals surface area contributed by atoms with Gasteiger partial charge < -0.3 is 0 Å². The molecule has 1 aromatic rings. The zero-order chi connectivity index (χ0) is 9.73. The summed E-state index contributed by atoms with van der Waals surface area (Å²) >= 11 is 1.17. The molecule has 0 aromatic heterocycles. The van der Waals surface area contributed by atoms with Crippen LogP contribution in [0.3, 0.4) is 0 Å². The number of hydrogen-bond donors (Lipinski definition) is 1. The lowest BCUT2D eigenvalue weighted by Crippen LogP contribution is -2.16. The van der Waals surface area contributed by atoms with Crippen molar-refractivity contribution in [2.24, 2.45) is 0 Å². The Kier molecular flexibility index (Phi) is 3.77. The molecule has 0 saturated heterocycles. The zero-order valence-corrected chi connectivity index (χ0v) is 8.86. The molecule has 1 N–H and O–H groups in total. The Morgan fingerprint density at radius 1 is 1.31 bits per heavy atom. The second kappa shape index (κ2) is 4.64. The third-order valence-corrected chi connectivity index (χ3v) is 3.90. The van der Waals surface area contributed by atoms with Gasteiger partial charge in [-0.2, -0.15) is 4.13 Å². The van der Waals surface area contributed by atoms with Crippen LogP contribution in [-0.2, 0) is 10.0 Å². The lowest BCUT2D eigenvalue weighted by atomic mass is 10.4. The van der Waals surface area contributed by atoms with Gasteiger partial charge in [0.1, 0.15) is 0 Å². The fourth-order valence-electron chi connectivity index (χ4n) is 0.784. The van der Waals surface area contributed by atoms with Crippen molar-refractivity contribution in [2.75, 3.05) is 5.75 Å². The lowest BCUT2D eigenvalue weighted by molar-refractivity contribution is 0.594. The van der Waals surface area contributed by atoms with Gasteiger partial charge in [-0.15, -0.1) is 0 Å². The van der Waals surface area contributed by atoms with Crippen molar-refractivity contribution in [1.82, 2.24) is 4.13 Å². The van der Waals surface area contributed by atoms with Crippen molar-refractivity contribution >= 4 is 22.0 Å². The van der Waals surface area contributed by atoms with Crippen LogP contribution in [0.5, 0.6) is 0 Å². The summed E-state index contributed by atoms with van der Waals surface area (Å²) in [6.45, 7) is 1.89. The molecule has 0 amide bonds. The highest BCUT2D eigenvalue weighted by molar-refractivity contribution is 8.09. The van der Waals surface area contributed by atoms with E-state index in [4.69, 9.17) is 0 Å². The fraction of sp³-hybridized carbons (Fsp3) is 0.250. The average molecular weight is 217 g/mol. The van der Waals surface area contributed by atoms with Crippen LogP contribution >= 0.6 is 11.9 Å². The summed E-state index contributed by atoms with van der Waals surface area (Å²) in [5.74, 6) is 0.714. The van der Waals surface area contributed by atoms with Gasteiger partial charge in [-0.05, 0) is 12.1 Å². The third-order valence-electron chi connectivity index (χ3n) is 1.37. The highest BCUT2D eigenvalue weighted by Gasteiger charge is 2.11. The van der Waals surface area contributed by atoms with Crippen molar-refractivity contribution in [2.45, 2.75) is 11.8 Å². The number of hydrogen-bond acceptors (Lipinski definition) is 3. The molecule has 0 bridgehead atoms. The van der Waals surface area contributed by atoms with Crippen LogP contribution in [0.25, 0.3) is 0 Å². The van der Waals surface area contributed by atoms with Gasteiger partial charge in [0, 0.05) is 5.75 Å². The van der Waals surface area contributed by atoms with Gasteiger partial charge in [0.15, 0.2) is 0 Å². The highest BCUT2D eigenvalue weighted by Crippen LogP contribution is 2.09. The Bertz CT molecular complexity index is 348. The van der Waals surface area contributed by atoms with E-state index in [-0.39, 0.29) is 0 Å². The first-order valence-corrected chi connectivity index (χ1v) is 6.32. The predicted molar refractivity (Wildman–Crippen MR) is 54.9 cm³/mol. The highest BCUT2D eigenvalue weighted by atomic mass is 32.3. The molecular formula is C8H11NO2S2. The molecule has 0 radical (unpaired) electrons. The molecule has 0 atom stereocenters. The maximum atomic E-state index is 11.5. The van der Waals surface area contributed by atoms with Crippen LogP contribution in [0.2, 0.25) is 0 Å². The second-order valence-corrected chi connectivity index (χ2v) is 5.34. The van der Waals surface area contributed by atoms with Crippen molar-refractivity contribution in [3.05, 3.63) is 30.3 Å². The third kappa shape index (κ3) is 3.02. The minimum Gasteiger partial charge on any atom is -0.206 e. The van der Waals surface area contributed by atoms with Gasteiger partial charge in [0.05, 0.1) is 4.90 Å². The predicted octanol–water partition coefficient (Wildman–Crippen LogP) is 1.63. The molecule has 5 heteroatoms. The number of nitrogens with one attached hydrogen (secondary N) is 1. The molecule has 0 aliphatic carbocycles. The molecule has 1 rings (SSSR count). The number of benzene rings is 1. The molecule has 3 nitrogen and oxygen atoms in total. The van der Waals surface area contributed by atoms with Crippen LogP contribution in [-0.4, -0.2) is 14.2 Å². The van der Waals surface area contributed by atoms with Crippen molar-refractivity contribution in [3.63, 3.8) is 0 Å². The van der Waals surface area contributed by atoms with E-state index in [1.54, 1.807) is 30.3 Å². The van der Waals surface area contributed by atoms with E-state index in [1.807, 2.05) is 6.92 Å². The van der Waals surface area contributed by atoms with Gasteiger partial charge in [-0.3, -0.25) is 0 Å². The molecule has 72 valence electrons. The molecule has 0 fully saturated rings. The topological polar surface area (TPSA) is 46.2 Å². The maximum Gasteiger partial charge on any atom is 0.249 e. The lowest BCUT2D eigenvalue weighted by Gasteiger charge is -2.03. The Hall–Kier alpha value is -0.520. The van der Waals surface area contributed by atoms with Crippen LogP contribution < -0.4 is 4.13 Å². The minimum atomic E-state index is -3.31. The van der Waals surface area contributed by atoms with E-state index in [1.165, 1.54) is 11.9 Å². The fourth-order valence-corrected chi connectivity index (χ4v) is 2.78. The van der Waals surface area contributed by atoms with E-state index < -0.39 is 10.0 Å². The van der Waals surface area contributed by atoms with Crippen LogP contribution in [0, 0.1) is 0 Å². The quantitative estimate of drug-likeness (QED) is 0.780. The first-order valence-electron chi connectivity index (χ1n) is 3.85. The van der Waals surface area contributed by atoms with Gasteiger partial charge in [-0.25, -0.2) is 8.42 Å². The van der Waals surface area contributed by atoms with Crippen molar-refractivity contribution in [1.29, 1.82) is 0 Å². The Morgan fingerprint density at radius 3 is 2.46 bits per heavy atom. The van der Waals surface area contributed by atoms with E-state index in [0.717, 1.165) is 0 Å². The van der Waals surface area contributed by atoms with Gasteiger partial charge >= 0.3 is 0 Å². The average Bonchev–Trinajstić information content (AvgIpc) is 2.16. The van der Waals surface area contributed by atoms with Gasteiger partial charge in [-0.1, -0.05) is 37.1 Å². The smallest absolute Gasteiger partial charge is 0.206 e. The maximum absolute atomic E-state index is 11.5. The van der Waals surface area contributed by atoms with Crippen molar-refractivity contribution in [3.8, 4) is 0 Å². The second-order valence-electron chi connectivity index (χ2n) is 2.33. The molecule has 0 saturated carbocycles. The molecule has 1 aromatic carbocycles. The molecule has 0 aliphatic rings. The summed E-state index contributed by atoms with van der Waals surface area (Å²) in [6.07, 6.45) is 0. The van der Waals surface area contributed by atoms with Crippen LogP contribution in [0.4, 0.5) is 0 Å². The zero-order valence-electron chi connectivity index (χ0n) is 7.23. The summed E-state index contributed by atoms with van der Waals surface area (Å²) in [5.41, 5.74) is 0. The monoisotopic (exact) mass is 217 g/mol. The van der Waals surface area contributed by atoms with Gasteiger partial charge in [0.25, 0.3) is 0 Å². The summed E-state index contributed by atoms with van der Waals surface area (Å²) in [4.78, 5) is 0.302. The minimum absolute atomic E-state index is 0.302. The molecule has 0 heterocycles.